The lowest BCUT2D eigenvalue weighted by molar-refractivity contribution is 0.311. The van der Waals surface area contributed by atoms with Crippen molar-refractivity contribution in [2.24, 2.45) is 4.99 Å². The third-order valence-electron chi connectivity index (χ3n) is 3.88. The van der Waals surface area contributed by atoms with E-state index in [2.05, 4.69) is 44.2 Å². The molecule has 27 heavy (non-hydrogen) atoms. The molecule has 148 valence electrons. The smallest absolute Gasteiger partial charge is 0.191 e. The van der Waals surface area contributed by atoms with Crippen molar-refractivity contribution in [2.45, 2.75) is 33.2 Å². The fourth-order valence-electron chi connectivity index (χ4n) is 2.51. The number of benzene rings is 1. The van der Waals surface area contributed by atoms with E-state index in [1.54, 1.807) is 13.4 Å². The number of nitrogens with zero attached hydrogens (tertiary/aromatic N) is 4. The molecule has 0 atom stereocenters. The summed E-state index contributed by atoms with van der Waals surface area (Å²) in [6, 6.07) is 7.62. The van der Waals surface area contributed by atoms with E-state index in [1.807, 2.05) is 24.3 Å². The monoisotopic (exact) mass is 374 g/mol. The molecule has 8 nitrogen and oxygen atoms in total. The molecule has 1 heterocycles. The number of guanidine groups is 1. The van der Waals surface area contributed by atoms with E-state index in [0.717, 1.165) is 55.8 Å². The van der Waals surface area contributed by atoms with E-state index in [-0.39, 0.29) is 0 Å². The van der Waals surface area contributed by atoms with Crippen molar-refractivity contribution in [1.29, 1.82) is 0 Å². The molecule has 0 saturated heterocycles. The molecule has 0 aliphatic heterocycles. The van der Waals surface area contributed by atoms with Crippen molar-refractivity contribution in [3.63, 3.8) is 0 Å². The average molecular weight is 374 g/mol. The van der Waals surface area contributed by atoms with Crippen molar-refractivity contribution in [3.8, 4) is 11.5 Å². The summed E-state index contributed by atoms with van der Waals surface area (Å²) in [5.41, 5.74) is 0. The molecule has 2 aromatic rings. The van der Waals surface area contributed by atoms with Gasteiger partial charge in [0.05, 0.1) is 13.7 Å². The van der Waals surface area contributed by atoms with Gasteiger partial charge in [-0.05, 0) is 19.1 Å². The van der Waals surface area contributed by atoms with Gasteiger partial charge in [-0.3, -0.25) is 4.99 Å². The molecule has 0 saturated carbocycles. The highest BCUT2D eigenvalue weighted by Crippen LogP contribution is 2.18. The van der Waals surface area contributed by atoms with Crippen LogP contribution in [0.3, 0.4) is 0 Å². The van der Waals surface area contributed by atoms with Gasteiger partial charge in [-0.1, -0.05) is 13.0 Å². The molecule has 0 fully saturated rings. The predicted octanol–water partition coefficient (Wildman–Crippen LogP) is 1.87. The molecule has 0 unspecified atom stereocenters. The summed E-state index contributed by atoms with van der Waals surface area (Å²) in [7, 11) is 1.65. The molecule has 0 aliphatic carbocycles. The van der Waals surface area contributed by atoms with Crippen molar-refractivity contribution >= 4 is 5.96 Å². The lowest BCUT2D eigenvalue weighted by Gasteiger charge is -2.12. The van der Waals surface area contributed by atoms with Crippen molar-refractivity contribution in [3.05, 3.63) is 36.4 Å². The van der Waals surface area contributed by atoms with Crippen LogP contribution in [0.4, 0.5) is 0 Å². The first-order valence-corrected chi connectivity index (χ1v) is 9.42. The highest BCUT2D eigenvalue weighted by Gasteiger charge is 2.02. The molecule has 0 radical (unpaired) electrons. The van der Waals surface area contributed by atoms with Crippen molar-refractivity contribution in [2.75, 3.05) is 33.4 Å². The summed E-state index contributed by atoms with van der Waals surface area (Å²) >= 11 is 0. The number of hydrogen-bond donors (Lipinski definition) is 2. The zero-order chi connectivity index (χ0) is 19.3. The quantitative estimate of drug-likeness (QED) is 0.355. The first-order chi connectivity index (χ1) is 13.3. The van der Waals surface area contributed by atoms with Gasteiger partial charge in [0.25, 0.3) is 0 Å². The maximum absolute atomic E-state index is 5.74. The van der Waals surface area contributed by atoms with Crippen LogP contribution in [0.25, 0.3) is 0 Å². The Bertz CT molecular complexity index is 701. The first-order valence-electron chi connectivity index (χ1n) is 9.42. The molecule has 0 aliphatic rings. The van der Waals surface area contributed by atoms with Crippen molar-refractivity contribution in [1.82, 2.24) is 25.4 Å². The fraction of sp³-hybridized carbons (Fsp3) is 0.526. The van der Waals surface area contributed by atoms with Crippen LogP contribution >= 0.6 is 0 Å². The van der Waals surface area contributed by atoms with Crippen LogP contribution in [0.1, 0.15) is 26.1 Å². The fourth-order valence-corrected chi connectivity index (χ4v) is 2.51. The van der Waals surface area contributed by atoms with Gasteiger partial charge in [0.1, 0.15) is 23.7 Å². The zero-order valence-electron chi connectivity index (χ0n) is 16.4. The van der Waals surface area contributed by atoms with Gasteiger partial charge in [0.2, 0.25) is 0 Å². The Balaban J connectivity index is 1.70. The summed E-state index contributed by atoms with van der Waals surface area (Å²) in [5, 5.41) is 14.6. The Labute approximate surface area is 161 Å². The molecule has 1 aromatic heterocycles. The number of methoxy groups -OCH3 is 1. The molecule has 0 amide bonds. The SMILES string of the molecule is CCNC(=NCCCOc1cccc(OC)c1)NCCn1cnnc1CC. The van der Waals surface area contributed by atoms with Crippen LogP contribution in [-0.4, -0.2) is 54.1 Å². The van der Waals surface area contributed by atoms with E-state index >= 15 is 0 Å². The Morgan fingerprint density at radius 3 is 2.85 bits per heavy atom. The highest BCUT2D eigenvalue weighted by atomic mass is 16.5. The van der Waals surface area contributed by atoms with E-state index in [1.165, 1.54) is 0 Å². The Hall–Kier alpha value is -2.77. The van der Waals surface area contributed by atoms with Crippen LogP contribution in [-0.2, 0) is 13.0 Å². The number of hydrogen-bond acceptors (Lipinski definition) is 5. The molecule has 2 N–H and O–H groups in total. The second-order valence-corrected chi connectivity index (χ2v) is 5.86. The van der Waals surface area contributed by atoms with Crippen LogP contribution in [0, 0.1) is 0 Å². The van der Waals surface area contributed by atoms with E-state index in [4.69, 9.17) is 9.47 Å². The third-order valence-corrected chi connectivity index (χ3v) is 3.88. The second kappa shape index (κ2) is 11.8. The Morgan fingerprint density at radius 2 is 2.07 bits per heavy atom. The molecule has 0 spiro atoms. The van der Waals surface area contributed by atoms with Gasteiger partial charge >= 0.3 is 0 Å². The number of aromatic nitrogens is 3. The second-order valence-electron chi connectivity index (χ2n) is 5.86. The summed E-state index contributed by atoms with van der Waals surface area (Å²) < 4.78 is 13.0. The summed E-state index contributed by atoms with van der Waals surface area (Å²) in [4.78, 5) is 4.59. The molecule has 2 rings (SSSR count). The number of aryl methyl sites for hydroxylation is 1. The molecular formula is C19H30N6O2. The average Bonchev–Trinajstić information content (AvgIpc) is 3.15. The van der Waals surface area contributed by atoms with Crippen LogP contribution in [0.15, 0.2) is 35.6 Å². The molecule has 0 bridgehead atoms. The maximum Gasteiger partial charge on any atom is 0.191 e. The maximum atomic E-state index is 5.74. The summed E-state index contributed by atoms with van der Waals surface area (Å²) in [5.74, 6) is 3.41. The van der Waals surface area contributed by atoms with Crippen LogP contribution in [0.2, 0.25) is 0 Å². The normalized spacial score (nSPS) is 11.3. The van der Waals surface area contributed by atoms with Crippen molar-refractivity contribution < 1.29 is 9.47 Å². The minimum atomic E-state index is 0.608. The molecular weight excluding hydrogens is 344 g/mol. The largest absolute Gasteiger partial charge is 0.497 e. The van der Waals surface area contributed by atoms with Gasteiger partial charge < -0.3 is 24.7 Å². The lowest BCUT2D eigenvalue weighted by atomic mass is 10.3. The Kier molecular flexibility index (Phi) is 8.95. The number of ether oxygens (including phenoxy) is 2. The zero-order valence-corrected chi connectivity index (χ0v) is 16.4. The third kappa shape index (κ3) is 7.16. The summed E-state index contributed by atoms with van der Waals surface area (Å²) in [6.45, 7) is 7.81. The Morgan fingerprint density at radius 1 is 1.22 bits per heavy atom. The topological polar surface area (TPSA) is 85.6 Å². The minimum Gasteiger partial charge on any atom is -0.497 e. The molecule has 8 heteroatoms. The van der Waals surface area contributed by atoms with Gasteiger partial charge in [-0.15, -0.1) is 10.2 Å². The molecule has 1 aromatic carbocycles. The van der Waals surface area contributed by atoms with Gasteiger partial charge in [0.15, 0.2) is 5.96 Å². The summed E-state index contributed by atoms with van der Waals surface area (Å²) in [6.07, 6.45) is 3.47. The number of rotatable bonds is 11. The number of nitrogens with one attached hydrogen (secondary N) is 2. The van der Waals surface area contributed by atoms with Gasteiger partial charge in [-0.2, -0.15) is 0 Å². The number of aliphatic imine (C=N–C) groups is 1. The minimum absolute atomic E-state index is 0.608. The van der Waals surface area contributed by atoms with Crippen LogP contribution < -0.4 is 20.1 Å². The van der Waals surface area contributed by atoms with Crippen LogP contribution in [0.5, 0.6) is 11.5 Å². The van der Waals surface area contributed by atoms with Gasteiger partial charge in [0, 0.05) is 45.1 Å². The van der Waals surface area contributed by atoms with E-state index in [0.29, 0.717) is 13.2 Å². The first kappa shape index (κ1) is 20.5. The van der Waals surface area contributed by atoms with E-state index in [9.17, 15) is 0 Å². The van der Waals surface area contributed by atoms with Gasteiger partial charge in [-0.25, -0.2) is 0 Å². The standard InChI is InChI=1S/C19H30N6O2/c1-4-18-24-23-15-25(18)12-11-22-19(20-5-2)21-10-7-13-27-17-9-6-8-16(14-17)26-3/h6,8-9,14-15H,4-5,7,10-13H2,1-3H3,(H2,20,21,22). The predicted molar refractivity (Wildman–Crippen MR) is 106 cm³/mol. The highest BCUT2D eigenvalue weighted by molar-refractivity contribution is 5.79. The van der Waals surface area contributed by atoms with E-state index < -0.39 is 0 Å². The lowest BCUT2D eigenvalue weighted by Crippen LogP contribution is -2.39.